The Morgan fingerprint density at radius 2 is 1.44 bits per heavy atom. The van der Waals surface area contributed by atoms with E-state index in [1.165, 1.54) is 23.1 Å². The van der Waals surface area contributed by atoms with E-state index in [-0.39, 0.29) is 32.7 Å². The Morgan fingerprint density at radius 1 is 0.889 bits per heavy atom. The number of benzene rings is 2. The number of hydrogen-bond acceptors (Lipinski definition) is 1. The summed E-state index contributed by atoms with van der Waals surface area (Å²) in [5, 5.41) is 0. The summed E-state index contributed by atoms with van der Waals surface area (Å²) in [4.78, 5) is 0. The zero-order valence-corrected chi connectivity index (χ0v) is 21.9. The van der Waals surface area contributed by atoms with Crippen LogP contribution in [0.5, 0.6) is 5.75 Å². The van der Waals surface area contributed by atoms with Crippen LogP contribution in [0.2, 0.25) is 0 Å². The van der Waals surface area contributed by atoms with E-state index >= 15 is 0 Å². The van der Waals surface area contributed by atoms with Gasteiger partial charge in [-0.15, -0.1) is 11.6 Å². The van der Waals surface area contributed by atoms with E-state index in [2.05, 4.69) is 62.4 Å². The fourth-order valence-corrected chi connectivity index (χ4v) is 2.27. The molecule has 0 N–H and O–H groups in total. The molecule has 151 valence electrons. The van der Waals surface area contributed by atoms with Gasteiger partial charge in [-0.05, 0) is 12.8 Å². The second-order valence-electron chi connectivity index (χ2n) is 5.18. The molecule has 0 spiro atoms. The predicted molar refractivity (Wildman–Crippen MR) is 118 cm³/mol. The molecule has 3 rings (SSSR count). The number of ether oxygens (including phenoxy) is 1. The van der Waals surface area contributed by atoms with E-state index in [9.17, 15) is 0 Å². The van der Waals surface area contributed by atoms with Crippen LogP contribution in [-0.4, -0.2) is 6.61 Å². The third-order valence-electron chi connectivity index (χ3n) is 3.13. The first kappa shape index (κ1) is 31.1. The van der Waals surface area contributed by atoms with Gasteiger partial charge in [0.25, 0.3) is 0 Å². The van der Waals surface area contributed by atoms with Gasteiger partial charge in [0, 0.05) is 38.5 Å². The monoisotopic (exact) mass is 446 g/mol. The second kappa shape index (κ2) is 23.4. The zero-order chi connectivity index (χ0) is 20.2. The maximum absolute atomic E-state index is 5.57. The number of rotatable bonds is 2. The molecule has 1 radical (unpaired) electrons. The van der Waals surface area contributed by atoms with Gasteiger partial charge in [0.15, 0.2) is 0 Å². The van der Waals surface area contributed by atoms with Crippen LogP contribution in [0.3, 0.4) is 0 Å². The largest absolute Gasteiger partial charge is 0.519 e. The third kappa shape index (κ3) is 14.1. The molecule has 0 amide bonds. The molecule has 2 aromatic carbocycles. The summed E-state index contributed by atoms with van der Waals surface area (Å²) < 4.78 is 5.57. The van der Waals surface area contributed by atoms with Gasteiger partial charge in [-0.25, -0.2) is 0 Å². The molecule has 0 atom stereocenters. The Hall–Kier alpha value is -0.656. The van der Waals surface area contributed by atoms with E-state index in [4.69, 9.17) is 4.74 Å². The molecule has 1 nitrogen and oxygen atoms in total. The van der Waals surface area contributed by atoms with Gasteiger partial charge in [-0.3, -0.25) is 0 Å². The summed E-state index contributed by atoms with van der Waals surface area (Å²) in [6.07, 6.45) is 4.47. The van der Waals surface area contributed by atoms with Crippen LogP contribution >= 0.6 is 0 Å². The van der Waals surface area contributed by atoms with E-state index in [1.54, 1.807) is 0 Å². The molecule has 0 aliphatic carbocycles. The van der Waals surface area contributed by atoms with Crippen LogP contribution in [0.15, 0.2) is 42.5 Å². The zero-order valence-electron chi connectivity index (χ0n) is 19.1. The van der Waals surface area contributed by atoms with Crippen molar-refractivity contribution < 1.29 is 37.4 Å². The summed E-state index contributed by atoms with van der Waals surface area (Å²) in [5.41, 5.74) is 3.97. The molecule has 27 heavy (non-hydrogen) atoms. The normalized spacial score (nSPS) is 10.1. The smallest absolute Gasteiger partial charge is 0.0844 e. The summed E-state index contributed by atoms with van der Waals surface area (Å²) in [6, 6.07) is 18.1. The summed E-state index contributed by atoms with van der Waals surface area (Å²) >= 11 is 0. The molecule has 2 aromatic rings. The van der Waals surface area contributed by atoms with Gasteiger partial charge in [0.05, 0.1) is 6.61 Å². The molecular formula is C25H41OY-. The van der Waals surface area contributed by atoms with E-state index < -0.39 is 0 Å². The minimum atomic E-state index is 0. The van der Waals surface area contributed by atoms with Crippen molar-refractivity contribution in [2.75, 3.05) is 6.61 Å². The molecular weight excluding hydrogens is 405 g/mol. The van der Waals surface area contributed by atoms with Crippen molar-refractivity contribution in [2.24, 2.45) is 0 Å². The Morgan fingerprint density at radius 3 is 2.00 bits per heavy atom. The Balaban J connectivity index is -0.000000505. The fraction of sp³-hybridized carbons (Fsp3) is 0.520. The maximum atomic E-state index is 5.57. The number of hydrogen-bond donors (Lipinski definition) is 0. The van der Waals surface area contributed by atoms with Crippen molar-refractivity contribution in [3.63, 3.8) is 0 Å². The molecule has 0 unspecified atom stereocenters. The van der Waals surface area contributed by atoms with Crippen LogP contribution in [0.4, 0.5) is 0 Å². The molecule has 1 heterocycles. The average Bonchev–Trinajstić information content (AvgIpc) is 2.74. The summed E-state index contributed by atoms with van der Waals surface area (Å²) in [6.45, 7) is 17.1. The maximum Gasteiger partial charge on any atom is 0.0844 e. The molecule has 0 saturated heterocycles. The Kier molecular flexibility index (Phi) is 26.9. The minimum Gasteiger partial charge on any atom is -0.519 e. The first-order valence-electron chi connectivity index (χ1n) is 10.5. The van der Waals surface area contributed by atoms with Crippen LogP contribution in [0.25, 0.3) is 0 Å². The fourth-order valence-electron chi connectivity index (χ4n) is 2.27. The molecule has 0 fully saturated rings. The molecule has 0 saturated carbocycles. The first-order valence-corrected chi connectivity index (χ1v) is 10.5. The van der Waals surface area contributed by atoms with Crippen molar-refractivity contribution in [2.45, 2.75) is 81.1 Å². The van der Waals surface area contributed by atoms with Crippen molar-refractivity contribution >= 4 is 0 Å². The molecule has 1 aliphatic rings. The van der Waals surface area contributed by atoms with Gasteiger partial charge in [-0.1, -0.05) is 104 Å². The van der Waals surface area contributed by atoms with Gasteiger partial charge >= 0.3 is 0 Å². The Labute approximate surface area is 195 Å². The number of fused-ring (bicyclic) bond motifs is 1. The van der Waals surface area contributed by atoms with Gasteiger partial charge in [0.2, 0.25) is 0 Å². The molecule has 0 aromatic heterocycles. The molecule has 1 aliphatic heterocycles. The number of aryl methyl sites for hydroxylation is 1. The topological polar surface area (TPSA) is 9.23 Å². The average molecular weight is 447 g/mol. The third-order valence-corrected chi connectivity index (χ3v) is 3.13. The van der Waals surface area contributed by atoms with E-state index in [0.717, 1.165) is 31.6 Å². The predicted octanol–water partition coefficient (Wildman–Crippen LogP) is 7.89. The Bertz CT molecular complexity index is 523. The molecule has 0 bridgehead atoms. The van der Waals surface area contributed by atoms with Crippen LogP contribution in [-0.2, 0) is 45.6 Å². The van der Waals surface area contributed by atoms with Crippen molar-refractivity contribution in [3.05, 3.63) is 65.2 Å². The van der Waals surface area contributed by atoms with Crippen molar-refractivity contribution in [1.82, 2.24) is 0 Å². The SMILES string of the molecule is CC.CC.CC.CCC.[Y].[c-]1cc(Cc2ccccc2)cc2c1OCCC2. The van der Waals surface area contributed by atoms with Crippen LogP contribution in [0.1, 0.15) is 84.9 Å². The summed E-state index contributed by atoms with van der Waals surface area (Å²) in [7, 11) is 0. The van der Waals surface area contributed by atoms with Crippen LogP contribution < -0.4 is 4.74 Å². The van der Waals surface area contributed by atoms with E-state index in [0.29, 0.717) is 0 Å². The second-order valence-corrected chi connectivity index (χ2v) is 5.18. The molecule has 2 heteroatoms. The van der Waals surface area contributed by atoms with E-state index in [1.807, 2.05) is 41.5 Å². The minimum absolute atomic E-state index is 0. The first-order chi connectivity index (χ1) is 12.8. The quantitative estimate of drug-likeness (QED) is 0.426. The van der Waals surface area contributed by atoms with Gasteiger partial charge in [0.1, 0.15) is 0 Å². The van der Waals surface area contributed by atoms with Crippen LogP contribution in [0, 0.1) is 6.07 Å². The van der Waals surface area contributed by atoms with Crippen molar-refractivity contribution in [1.29, 1.82) is 0 Å². The van der Waals surface area contributed by atoms with Gasteiger partial charge < -0.3 is 4.74 Å². The van der Waals surface area contributed by atoms with Gasteiger partial charge in [-0.2, -0.15) is 17.7 Å². The standard InChI is InChI=1S/C16H15O.C3H8.3C2H6.Y/c1-2-5-13(6-3-1)11-14-8-9-16-15(12-14)7-4-10-17-16;1-3-2;3*1-2;/h1-3,5-6,8,12H,4,7,10-11H2;3H2,1-2H3;3*1-2H3;/q-1;;;;;. The van der Waals surface area contributed by atoms with Crippen molar-refractivity contribution in [3.8, 4) is 5.75 Å². The summed E-state index contributed by atoms with van der Waals surface area (Å²) in [5.74, 6) is 0.952.